The highest BCUT2D eigenvalue weighted by Crippen LogP contribution is 2.29. The van der Waals surface area contributed by atoms with Crippen LogP contribution in [-0.4, -0.2) is 4.98 Å². The molecule has 7 heteroatoms. The van der Waals surface area contributed by atoms with Crippen molar-refractivity contribution in [3.63, 3.8) is 0 Å². The lowest BCUT2D eigenvalue weighted by Gasteiger charge is -2.10. The first kappa shape index (κ1) is 14.4. The lowest BCUT2D eigenvalue weighted by Crippen LogP contribution is -2.10. The summed E-state index contributed by atoms with van der Waals surface area (Å²) in [5, 5.41) is 1.02. The molecule has 0 saturated carbocycles. The number of nitrogens with one attached hydrogen (secondary N) is 1. The largest absolute Gasteiger partial charge is 0.486 e. The number of halogens is 3. The van der Waals surface area contributed by atoms with Gasteiger partial charge >= 0.3 is 0 Å². The molecule has 1 aromatic carbocycles. The number of hydrogen-bond donors (Lipinski definition) is 2. The number of ether oxygens (including phenoxy) is 1. The number of aromatic nitrogens is 1. The van der Waals surface area contributed by atoms with Crippen molar-refractivity contribution in [2.45, 2.75) is 6.61 Å². The number of nitrogen functional groups attached to an aromatic ring is 1. The van der Waals surface area contributed by atoms with Gasteiger partial charge in [0.15, 0.2) is 0 Å². The number of nitrogens with zero attached hydrogens (tertiary/aromatic N) is 1. The van der Waals surface area contributed by atoms with Gasteiger partial charge in [0.2, 0.25) is 0 Å². The van der Waals surface area contributed by atoms with Crippen molar-refractivity contribution in [3.8, 4) is 5.75 Å². The van der Waals surface area contributed by atoms with Crippen LogP contribution in [-0.2, 0) is 6.61 Å². The molecule has 3 N–H and O–H groups in total. The Hall–Kier alpha value is -1.01. The molecule has 0 atom stereocenters. The highest BCUT2D eigenvalue weighted by Gasteiger charge is 2.07. The molecule has 0 unspecified atom stereocenters. The number of anilines is 1. The summed E-state index contributed by atoms with van der Waals surface area (Å²) in [4.78, 5) is 4.21. The summed E-state index contributed by atoms with van der Waals surface area (Å²) in [6.45, 7) is 0.204. The third-order valence-corrected chi connectivity index (χ3v) is 3.46. The first-order chi connectivity index (χ1) is 9.10. The van der Waals surface area contributed by atoms with E-state index >= 15 is 0 Å². The van der Waals surface area contributed by atoms with Gasteiger partial charge in [-0.25, -0.2) is 10.8 Å². The van der Waals surface area contributed by atoms with Crippen LogP contribution in [0.15, 0.2) is 34.8 Å². The smallest absolute Gasteiger partial charge is 0.140 e. The molecule has 1 heterocycles. The fourth-order valence-electron chi connectivity index (χ4n) is 1.40. The van der Waals surface area contributed by atoms with Crippen molar-refractivity contribution in [3.05, 3.63) is 50.5 Å². The summed E-state index contributed by atoms with van der Waals surface area (Å²) < 4.78 is 6.47. The molecule has 0 saturated heterocycles. The molecule has 1 aromatic heterocycles. The van der Waals surface area contributed by atoms with Crippen molar-refractivity contribution < 1.29 is 4.74 Å². The second-order valence-electron chi connectivity index (χ2n) is 3.63. The van der Waals surface area contributed by atoms with Crippen molar-refractivity contribution in [2.24, 2.45) is 5.84 Å². The molecular formula is C12H10BrCl2N3O. The molecule has 0 radical (unpaired) electrons. The second kappa shape index (κ2) is 6.43. The maximum atomic E-state index is 6.05. The van der Waals surface area contributed by atoms with E-state index in [1.807, 2.05) is 6.07 Å². The molecule has 0 aliphatic carbocycles. The van der Waals surface area contributed by atoms with Gasteiger partial charge in [-0.2, -0.15) is 0 Å². The normalized spacial score (nSPS) is 10.3. The average molecular weight is 363 g/mol. The van der Waals surface area contributed by atoms with Gasteiger partial charge in [-0.3, -0.25) is 0 Å². The van der Waals surface area contributed by atoms with E-state index in [0.29, 0.717) is 27.3 Å². The van der Waals surface area contributed by atoms with Gasteiger partial charge in [0.05, 0.1) is 15.7 Å². The van der Waals surface area contributed by atoms with E-state index < -0.39 is 0 Å². The fraction of sp³-hybridized carbons (Fsp3) is 0.0833. The maximum Gasteiger partial charge on any atom is 0.140 e. The zero-order chi connectivity index (χ0) is 13.8. The fourth-order valence-corrected chi connectivity index (χ4v) is 2.29. The summed E-state index contributed by atoms with van der Waals surface area (Å²) >= 11 is 15.4. The lowest BCUT2D eigenvalue weighted by molar-refractivity contribution is 0.302. The molecule has 0 amide bonds. The summed E-state index contributed by atoms with van der Waals surface area (Å²) in [5.41, 5.74) is 3.03. The van der Waals surface area contributed by atoms with E-state index in [4.69, 9.17) is 33.8 Å². The van der Waals surface area contributed by atoms with E-state index in [1.54, 1.807) is 24.3 Å². The monoisotopic (exact) mass is 361 g/mol. The number of hydrazine groups is 1. The molecule has 100 valence electrons. The number of pyridine rings is 1. The SMILES string of the molecule is NNc1ccc(Cl)c(COc2ccc(Br)cc2Cl)n1. The Bertz CT molecular complexity index is 595. The van der Waals surface area contributed by atoms with Crippen LogP contribution in [0.4, 0.5) is 5.82 Å². The average Bonchev–Trinajstić information content (AvgIpc) is 2.39. The van der Waals surface area contributed by atoms with E-state index in [1.165, 1.54) is 0 Å². The first-order valence-corrected chi connectivity index (χ1v) is 6.85. The summed E-state index contributed by atoms with van der Waals surface area (Å²) in [6, 6.07) is 8.74. The number of rotatable bonds is 4. The Labute approximate surface area is 129 Å². The predicted octanol–water partition coefficient (Wildman–Crippen LogP) is 4.02. The van der Waals surface area contributed by atoms with Crippen molar-refractivity contribution in [1.82, 2.24) is 4.98 Å². The van der Waals surface area contributed by atoms with Crippen LogP contribution >= 0.6 is 39.1 Å². The van der Waals surface area contributed by atoms with Gasteiger partial charge < -0.3 is 10.2 Å². The molecule has 0 aliphatic rings. The van der Waals surface area contributed by atoms with Gasteiger partial charge in [-0.15, -0.1) is 0 Å². The zero-order valence-corrected chi connectivity index (χ0v) is 12.8. The molecule has 0 aliphatic heterocycles. The Morgan fingerprint density at radius 3 is 2.68 bits per heavy atom. The predicted molar refractivity (Wildman–Crippen MR) is 80.5 cm³/mol. The summed E-state index contributed by atoms with van der Waals surface area (Å²) in [6.07, 6.45) is 0. The van der Waals surface area contributed by atoms with Crippen LogP contribution in [0.3, 0.4) is 0 Å². The Kier molecular flexibility index (Phi) is 4.87. The minimum absolute atomic E-state index is 0.204. The Balaban J connectivity index is 2.14. The van der Waals surface area contributed by atoms with Gasteiger partial charge in [0.1, 0.15) is 18.2 Å². The van der Waals surface area contributed by atoms with Crippen LogP contribution in [0.1, 0.15) is 5.69 Å². The van der Waals surface area contributed by atoms with Crippen LogP contribution in [0, 0.1) is 0 Å². The number of hydrogen-bond acceptors (Lipinski definition) is 4. The summed E-state index contributed by atoms with van der Waals surface area (Å²) in [5.74, 6) is 6.38. The van der Waals surface area contributed by atoms with E-state index in [0.717, 1.165) is 4.47 Å². The second-order valence-corrected chi connectivity index (χ2v) is 5.36. The van der Waals surface area contributed by atoms with Gasteiger partial charge in [0.25, 0.3) is 0 Å². The van der Waals surface area contributed by atoms with Crippen molar-refractivity contribution in [1.29, 1.82) is 0 Å². The van der Waals surface area contributed by atoms with E-state index in [9.17, 15) is 0 Å². The zero-order valence-electron chi connectivity index (χ0n) is 9.66. The van der Waals surface area contributed by atoms with Crippen LogP contribution in [0.5, 0.6) is 5.75 Å². The molecule has 19 heavy (non-hydrogen) atoms. The standard InChI is InChI=1S/C12H10BrCl2N3O/c13-7-1-3-11(9(15)5-7)19-6-10-8(14)2-4-12(17-10)18-16/h1-5H,6,16H2,(H,17,18). The van der Waals surface area contributed by atoms with Crippen molar-refractivity contribution in [2.75, 3.05) is 5.43 Å². The van der Waals surface area contributed by atoms with Gasteiger partial charge in [-0.05, 0) is 30.3 Å². The van der Waals surface area contributed by atoms with Gasteiger partial charge in [-0.1, -0.05) is 39.1 Å². The molecule has 2 aromatic rings. The minimum Gasteiger partial charge on any atom is -0.486 e. The highest BCUT2D eigenvalue weighted by atomic mass is 79.9. The Morgan fingerprint density at radius 1 is 1.21 bits per heavy atom. The lowest BCUT2D eigenvalue weighted by atomic mass is 10.3. The van der Waals surface area contributed by atoms with Crippen LogP contribution in [0.25, 0.3) is 0 Å². The molecule has 0 fully saturated rings. The minimum atomic E-state index is 0.204. The topological polar surface area (TPSA) is 60.2 Å². The van der Waals surface area contributed by atoms with Crippen LogP contribution < -0.4 is 16.0 Å². The quantitative estimate of drug-likeness (QED) is 0.637. The summed E-state index contributed by atoms with van der Waals surface area (Å²) in [7, 11) is 0. The van der Waals surface area contributed by atoms with Crippen LogP contribution in [0.2, 0.25) is 10.0 Å². The number of benzene rings is 1. The molecule has 0 bridgehead atoms. The van der Waals surface area contributed by atoms with E-state index in [-0.39, 0.29) is 6.61 Å². The van der Waals surface area contributed by atoms with E-state index in [2.05, 4.69) is 26.3 Å². The first-order valence-electron chi connectivity index (χ1n) is 5.30. The third kappa shape index (κ3) is 3.73. The molecular weight excluding hydrogens is 353 g/mol. The third-order valence-electron chi connectivity index (χ3n) is 2.32. The number of nitrogens with two attached hydrogens (primary N) is 1. The van der Waals surface area contributed by atoms with Gasteiger partial charge in [0, 0.05) is 4.47 Å². The molecule has 2 rings (SSSR count). The highest BCUT2D eigenvalue weighted by molar-refractivity contribution is 9.10. The molecule has 0 spiro atoms. The molecule has 4 nitrogen and oxygen atoms in total. The van der Waals surface area contributed by atoms with Crippen molar-refractivity contribution >= 4 is 44.9 Å². The maximum absolute atomic E-state index is 6.05. The Morgan fingerprint density at radius 2 is 2.00 bits per heavy atom.